The Morgan fingerprint density at radius 1 is 0.897 bits per heavy atom. The van der Waals surface area contributed by atoms with Crippen molar-refractivity contribution in [2.75, 3.05) is 53.1 Å². The number of piperazine rings is 1. The van der Waals surface area contributed by atoms with Crippen LogP contribution in [0.25, 0.3) is 0 Å². The highest BCUT2D eigenvalue weighted by Gasteiger charge is 2.49. The maximum absolute atomic E-state index is 12.7. The van der Waals surface area contributed by atoms with Gasteiger partial charge in [-0.3, -0.25) is 9.59 Å². The van der Waals surface area contributed by atoms with Crippen LogP contribution in [0.1, 0.15) is 25.7 Å². The minimum atomic E-state index is -0.0299. The van der Waals surface area contributed by atoms with Gasteiger partial charge in [0.15, 0.2) is 6.67 Å². The predicted octanol–water partition coefficient (Wildman–Crippen LogP) is -1.01. The molecule has 4 rings (SSSR count). The molecule has 7 heteroatoms. The molecule has 1 saturated carbocycles. The summed E-state index contributed by atoms with van der Waals surface area (Å²) in [5.74, 6) is 1.82. The summed E-state index contributed by atoms with van der Waals surface area (Å²) >= 11 is 0. The van der Waals surface area contributed by atoms with E-state index < -0.39 is 0 Å². The maximum atomic E-state index is 12.7. The van der Waals surface area contributed by atoms with Crippen LogP contribution < -0.4 is 19.3 Å². The van der Waals surface area contributed by atoms with E-state index in [-0.39, 0.29) is 23.7 Å². The van der Waals surface area contributed by atoms with Gasteiger partial charge in [-0.2, -0.15) is 0 Å². The topological polar surface area (TPSA) is 64.7 Å². The third-order valence-corrected chi connectivity index (χ3v) is 6.76. The Hall–Kier alpha value is -2.12. The average Bonchev–Trinajstić information content (AvgIpc) is 3.00. The molecule has 1 aromatic carbocycles. The van der Waals surface area contributed by atoms with Crippen LogP contribution in [0.4, 0.5) is 0 Å². The predicted molar refractivity (Wildman–Crippen MR) is 107 cm³/mol. The van der Waals surface area contributed by atoms with Gasteiger partial charge in [0.1, 0.15) is 50.8 Å². The Kier molecular flexibility index (Phi) is 6.35. The van der Waals surface area contributed by atoms with Crippen molar-refractivity contribution in [2.24, 2.45) is 11.8 Å². The fourth-order valence-electron chi connectivity index (χ4n) is 4.96. The third-order valence-electron chi connectivity index (χ3n) is 6.76. The van der Waals surface area contributed by atoms with Gasteiger partial charge in [-0.1, -0.05) is 12.8 Å². The van der Waals surface area contributed by atoms with Crippen LogP contribution in [0, 0.1) is 11.8 Å². The number of imide groups is 1. The largest absolute Gasteiger partial charge is 0.497 e. The number of methoxy groups -OCH3 is 1. The van der Waals surface area contributed by atoms with E-state index in [1.807, 2.05) is 24.3 Å². The molecule has 0 unspecified atom stereocenters. The van der Waals surface area contributed by atoms with Crippen LogP contribution in [-0.4, -0.2) is 69.8 Å². The summed E-state index contributed by atoms with van der Waals surface area (Å²) in [6.07, 6.45) is 3.96. The van der Waals surface area contributed by atoms with Gasteiger partial charge in [0, 0.05) is 0 Å². The number of nitrogens with one attached hydrogen (secondary N) is 2. The molecule has 2 atom stereocenters. The van der Waals surface area contributed by atoms with Crippen LogP contribution in [0.5, 0.6) is 11.5 Å². The third kappa shape index (κ3) is 4.56. The number of ether oxygens (including phenoxy) is 2. The molecule has 7 nitrogen and oxygen atoms in total. The number of likely N-dealkylation sites (tertiary alicyclic amines) is 1. The van der Waals surface area contributed by atoms with Gasteiger partial charge in [0.25, 0.3) is 0 Å². The Morgan fingerprint density at radius 2 is 1.45 bits per heavy atom. The quantitative estimate of drug-likeness (QED) is 0.573. The zero-order chi connectivity index (χ0) is 20.2. The smallest absolute Gasteiger partial charge is 0.237 e. The highest BCUT2D eigenvalue weighted by Crippen LogP contribution is 2.37. The molecular weight excluding hydrogens is 370 g/mol. The Morgan fingerprint density at radius 3 is 2.03 bits per heavy atom. The lowest BCUT2D eigenvalue weighted by molar-refractivity contribution is -1.01. The van der Waals surface area contributed by atoms with Crippen molar-refractivity contribution in [3.05, 3.63) is 24.3 Å². The van der Waals surface area contributed by atoms with Crippen LogP contribution in [-0.2, 0) is 9.59 Å². The minimum absolute atomic E-state index is 0.0299. The molecule has 2 saturated heterocycles. The van der Waals surface area contributed by atoms with Crippen LogP contribution in [0.2, 0.25) is 0 Å². The van der Waals surface area contributed by atoms with E-state index in [1.165, 1.54) is 9.80 Å². The molecule has 2 aliphatic heterocycles. The van der Waals surface area contributed by atoms with E-state index in [0.29, 0.717) is 13.3 Å². The molecule has 2 amide bonds. The first-order valence-electron chi connectivity index (χ1n) is 10.9. The first-order valence-corrected chi connectivity index (χ1v) is 10.9. The van der Waals surface area contributed by atoms with Gasteiger partial charge < -0.3 is 19.3 Å². The second-order valence-electron chi connectivity index (χ2n) is 8.53. The van der Waals surface area contributed by atoms with Gasteiger partial charge in [0.2, 0.25) is 11.8 Å². The van der Waals surface area contributed by atoms with Crippen molar-refractivity contribution in [2.45, 2.75) is 25.7 Å². The lowest BCUT2D eigenvalue weighted by Gasteiger charge is -2.31. The van der Waals surface area contributed by atoms with Gasteiger partial charge in [-0.15, -0.1) is 0 Å². The molecule has 2 N–H and O–H groups in total. The summed E-state index contributed by atoms with van der Waals surface area (Å²) < 4.78 is 11.0. The Bertz CT molecular complexity index is 691. The summed E-state index contributed by atoms with van der Waals surface area (Å²) in [5.41, 5.74) is 0. The fraction of sp³-hybridized carbons (Fsp3) is 0.636. The lowest BCUT2D eigenvalue weighted by atomic mass is 9.81. The van der Waals surface area contributed by atoms with Crippen molar-refractivity contribution >= 4 is 11.8 Å². The summed E-state index contributed by atoms with van der Waals surface area (Å²) in [6, 6.07) is 7.67. The number of quaternary nitrogens is 2. The molecule has 29 heavy (non-hydrogen) atoms. The minimum Gasteiger partial charge on any atom is -0.497 e. The van der Waals surface area contributed by atoms with Crippen molar-refractivity contribution in [1.82, 2.24) is 4.90 Å². The summed E-state index contributed by atoms with van der Waals surface area (Å²) in [7, 11) is 1.66. The molecule has 0 aromatic heterocycles. The number of nitrogens with zero attached hydrogens (tertiary/aromatic N) is 1. The van der Waals surface area contributed by atoms with E-state index in [4.69, 9.17) is 9.47 Å². The molecular formula is C22H33N3O4+2. The SMILES string of the molecule is COc1ccc(OCC[NH+]2CC[NH+](CN3C(=O)[C@H]4CCCC[C@H]4C3=O)CC2)cc1. The fourth-order valence-corrected chi connectivity index (χ4v) is 4.96. The van der Waals surface area contributed by atoms with E-state index in [0.717, 1.165) is 69.9 Å². The number of hydrogen-bond acceptors (Lipinski definition) is 4. The van der Waals surface area contributed by atoms with Gasteiger partial charge in [-0.25, -0.2) is 4.90 Å². The van der Waals surface area contributed by atoms with E-state index in [2.05, 4.69) is 0 Å². The van der Waals surface area contributed by atoms with Crippen LogP contribution in [0.15, 0.2) is 24.3 Å². The van der Waals surface area contributed by atoms with Crippen molar-refractivity contribution < 1.29 is 28.9 Å². The molecule has 0 radical (unpaired) electrons. The molecule has 1 aliphatic carbocycles. The summed E-state index contributed by atoms with van der Waals surface area (Å²) in [5, 5.41) is 0. The van der Waals surface area contributed by atoms with Gasteiger partial charge in [-0.05, 0) is 37.1 Å². The standard InChI is InChI=1S/C22H31N3O4/c1-28-17-6-8-18(9-7-17)29-15-14-23-10-12-24(13-11-23)16-25-21(26)19-4-2-3-5-20(19)22(25)27/h6-9,19-20H,2-5,10-16H2,1H3/p+2/t19-,20+. The van der Waals surface area contributed by atoms with E-state index in [9.17, 15) is 9.59 Å². The first-order chi connectivity index (χ1) is 14.2. The lowest BCUT2D eigenvalue weighted by Crippen LogP contribution is -3.28. The summed E-state index contributed by atoms with van der Waals surface area (Å²) in [4.78, 5) is 29.8. The molecule has 158 valence electrons. The monoisotopic (exact) mass is 403 g/mol. The number of benzene rings is 1. The van der Waals surface area contributed by atoms with Gasteiger partial charge in [0.05, 0.1) is 18.9 Å². The maximum Gasteiger partial charge on any atom is 0.237 e. The number of carbonyl (C=O) groups is 2. The second kappa shape index (κ2) is 9.13. The molecule has 0 spiro atoms. The van der Waals surface area contributed by atoms with Gasteiger partial charge >= 0.3 is 0 Å². The van der Waals surface area contributed by atoms with Crippen molar-refractivity contribution in [3.8, 4) is 11.5 Å². The van der Waals surface area contributed by atoms with E-state index in [1.54, 1.807) is 12.0 Å². The normalized spacial score (nSPS) is 29.6. The molecule has 2 heterocycles. The number of carbonyl (C=O) groups excluding carboxylic acids is 2. The first kappa shape index (κ1) is 20.2. The Balaban J connectivity index is 1.18. The molecule has 3 aliphatic rings. The zero-order valence-electron chi connectivity index (χ0n) is 17.3. The number of amides is 2. The Labute approximate surface area is 172 Å². The number of rotatable bonds is 7. The highest BCUT2D eigenvalue weighted by atomic mass is 16.5. The number of fused-ring (bicyclic) bond motifs is 1. The zero-order valence-corrected chi connectivity index (χ0v) is 17.3. The molecule has 0 bridgehead atoms. The summed E-state index contributed by atoms with van der Waals surface area (Å²) in [6.45, 7) is 6.28. The van der Waals surface area contributed by atoms with Crippen LogP contribution >= 0.6 is 0 Å². The number of hydrogen-bond donors (Lipinski definition) is 2. The molecule has 1 aromatic rings. The second-order valence-corrected chi connectivity index (χ2v) is 8.53. The van der Waals surface area contributed by atoms with Crippen molar-refractivity contribution in [3.63, 3.8) is 0 Å². The van der Waals surface area contributed by atoms with E-state index >= 15 is 0 Å². The average molecular weight is 404 g/mol. The molecule has 3 fully saturated rings. The highest BCUT2D eigenvalue weighted by molar-refractivity contribution is 6.05. The van der Waals surface area contributed by atoms with Crippen LogP contribution in [0.3, 0.4) is 0 Å². The van der Waals surface area contributed by atoms with Crippen molar-refractivity contribution in [1.29, 1.82) is 0 Å².